The average Bonchev–Trinajstić information content (AvgIpc) is 2.73. The summed E-state index contributed by atoms with van der Waals surface area (Å²) >= 11 is 0. The van der Waals surface area contributed by atoms with Gasteiger partial charge in [0.25, 0.3) is 11.8 Å². The molecule has 0 fully saturated rings. The summed E-state index contributed by atoms with van der Waals surface area (Å²) in [7, 11) is 0. The van der Waals surface area contributed by atoms with Gasteiger partial charge in [0.1, 0.15) is 5.75 Å². The Morgan fingerprint density at radius 1 is 1.00 bits per heavy atom. The van der Waals surface area contributed by atoms with Crippen LogP contribution in [0.25, 0.3) is 0 Å². The second-order valence-electron chi connectivity index (χ2n) is 7.19. The lowest BCUT2D eigenvalue weighted by Crippen LogP contribution is -2.38. The average molecular weight is 386 g/mol. The molecule has 0 saturated carbocycles. The fourth-order valence-electron chi connectivity index (χ4n) is 3.29. The molecule has 1 aliphatic rings. The van der Waals surface area contributed by atoms with Gasteiger partial charge in [0.2, 0.25) is 0 Å². The highest BCUT2D eigenvalue weighted by Gasteiger charge is 2.25. The van der Waals surface area contributed by atoms with E-state index in [0.717, 1.165) is 22.5 Å². The van der Waals surface area contributed by atoms with Gasteiger partial charge >= 0.3 is 0 Å². The summed E-state index contributed by atoms with van der Waals surface area (Å²) in [6, 6.07) is 20.7. The van der Waals surface area contributed by atoms with Crippen molar-refractivity contribution in [3.63, 3.8) is 0 Å². The van der Waals surface area contributed by atoms with E-state index in [1.54, 1.807) is 17.0 Å². The Kier molecular flexibility index (Phi) is 5.04. The molecule has 0 saturated heterocycles. The Labute approximate surface area is 169 Å². The number of hydrogen-bond donors (Lipinski definition) is 1. The maximum absolute atomic E-state index is 12.5. The van der Waals surface area contributed by atoms with E-state index in [9.17, 15) is 9.59 Å². The molecule has 2 amide bonds. The third-order valence-electron chi connectivity index (χ3n) is 5.13. The number of para-hydroxylation sites is 2. The number of amides is 2. The van der Waals surface area contributed by atoms with E-state index in [1.165, 1.54) is 5.56 Å². The summed E-state index contributed by atoms with van der Waals surface area (Å²) in [6.45, 7) is 4.52. The number of aryl methyl sites for hydroxylation is 2. The first-order valence-corrected chi connectivity index (χ1v) is 9.51. The van der Waals surface area contributed by atoms with Crippen LogP contribution < -0.4 is 15.0 Å². The molecule has 3 aromatic carbocycles. The first-order valence-electron chi connectivity index (χ1n) is 9.51. The Balaban J connectivity index is 1.47. The molecule has 0 bridgehead atoms. The fraction of sp³-hybridized carbons (Fsp3) is 0.167. The molecule has 0 unspecified atom stereocenters. The number of benzene rings is 3. The molecule has 3 aromatic rings. The normalized spacial score (nSPS) is 12.9. The molecule has 0 spiro atoms. The van der Waals surface area contributed by atoms with Gasteiger partial charge in [-0.05, 0) is 66.9 Å². The molecule has 0 radical (unpaired) electrons. The summed E-state index contributed by atoms with van der Waals surface area (Å²) < 4.78 is 5.48. The Morgan fingerprint density at radius 2 is 1.76 bits per heavy atom. The molecule has 1 aliphatic heterocycles. The van der Waals surface area contributed by atoms with E-state index in [2.05, 4.69) is 5.32 Å². The minimum atomic E-state index is -0.160. The van der Waals surface area contributed by atoms with Gasteiger partial charge in [0.05, 0.1) is 12.2 Å². The third kappa shape index (κ3) is 3.99. The Bertz CT molecular complexity index is 1070. The van der Waals surface area contributed by atoms with E-state index in [-0.39, 0.29) is 18.4 Å². The zero-order valence-corrected chi connectivity index (χ0v) is 16.4. The maximum atomic E-state index is 12.5. The highest BCUT2D eigenvalue weighted by atomic mass is 16.5. The van der Waals surface area contributed by atoms with Gasteiger partial charge in [-0.1, -0.05) is 30.3 Å². The predicted octanol–water partition coefficient (Wildman–Crippen LogP) is 4.48. The van der Waals surface area contributed by atoms with E-state index in [0.29, 0.717) is 17.9 Å². The van der Waals surface area contributed by atoms with Crippen LogP contribution in [0, 0.1) is 13.8 Å². The van der Waals surface area contributed by atoms with Crippen LogP contribution in [0.2, 0.25) is 0 Å². The lowest BCUT2D eigenvalue weighted by atomic mass is 10.1. The number of carbonyl (C=O) groups excluding carboxylic acids is 2. The van der Waals surface area contributed by atoms with Gasteiger partial charge in [-0.3, -0.25) is 9.59 Å². The lowest BCUT2D eigenvalue weighted by Gasteiger charge is -2.29. The number of ether oxygens (including phenoxy) is 1. The highest BCUT2D eigenvalue weighted by molar-refractivity contribution is 6.04. The fourth-order valence-corrected chi connectivity index (χ4v) is 3.29. The van der Waals surface area contributed by atoms with Crippen molar-refractivity contribution >= 4 is 23.2 Å². The van der Waals surface area contributed by atoms with Crippen molar-refractivity contribution in [2.24, 2.45) is 0 Å². The van der Waals surface area contributed by atoms with Crippen LogP contribution in [0.4, 0.5) is 11.4 Å². The molecule has 0 aliphatic carbocycles. The third-order valence-corrected chi connectivity index (χ3v) is 5.13. The van der Waals surface area contributed by atoms with Crippen LogP contribution in [0.15, 0.2) is 66.7 Å². The molecule has 1 heterocycles. The molecule has 1 N–H and O–H groups in total. The first kappa shape index (κ1) is 18.7. The van der Waals surface area contributed by atoms with Gasteiger partial charge < -0.3 is 15.0 Å². The number of carbonyl (C=O) groups is 2. The number of fused-ring (bicyclic) bond motifs is 1. The number of rotatable bonds is 4. The van der Waals surface area contributed by atoms with E-state index < -0.39 is 0 Å². The second kappa shape index (κ2) is 7.80. The molecule has 0 atom stereocenters. The largest absolute Gasteiger partial charge is 0.482 e. The zero-order chi connectivity index (χ0) is 20.4. The summed E-state index contributed by atoms with van der Waals surface area (Å²) in [6.07, 6.45) is 0. The SMILES string of the molecule is Cc1ccc(NC(=O)c2ccc(CN3C(=O)COc4ccccc43)cc2)cc1C. The number of hydrogen-bond acceptors (Lipinski definition) is 3. The van der Waals surface area contributed by atoms with Gasteiger partial charge in [-0.15, -0.1) is 0 Å². The van der Waals surface area contributed by atoms with Crippen molar-refractivity contribution in [2.75, 3.05) is 16.8 Å². The quantitative estimate of drug-likeness (QED) is 0.719. The Hall–Kier alpha value is -3.60. The molecule has 4 rings (SSSR count). The first-order chi connectivity index (χ1) is 14.0. The zero-order valence-electron chi connectivity index (χ0n) is 16.4. The van der Waals surface area contributed by atoms with E-state index >= 15 is 0 Å². The van der Waals surface area contributed by atoms with Gasteiger partial charge in [-0.2, -0.15) is 0 Å². The lowest BCUT2D eigenvalue weighted by molar-refractivity contribution is -0.121. The van der Waals surface area contributed by atoms with Crippen LogP contribution in [0.1, 0.15) is 27.0 Å². The highest BCUT2D eigenvalue weighted by Crippen LogP contribution is 2.32. The second-order valence-corrected chi connectivity index (χ2v) is 7.19. The number of nitrogens with zero attached hydrogens (tertiary/aromatic N) is 1. The van der Waals surface area contributed by atoms with E-state index in [1.807, 2.05) is 68.4 Å². The van der Waals surface area contributed by atoms with Crippen molar-refractivity contribution in [2.45, 2.75) is 20.4 Å². The summed E-state index contributed by atoms with van der Waals surface area (Å²) in [5.41, 5.74) is 5.37. The van der Waals surface area contributed by atoms with Crippen molar-refractivity contribution in [1.82, 2.24) is 0 Å². The van der Waals surface area contributed by atoms with Crippen LogP contribution in [0.5, 0.6) is 5.75 Å². The van der Waals surface area contributed by atoms with Crippen molar-refractivity contribution in [3.8, 4) is 5.75 Å². The van der Waals surface area contributed by atoms with Crippen molar-refractivity contribution < 1.29 is 14.3 Å². The predicted molar refractivity (Wildman–Crippen MR) is 113 cm³/mol. The van der Waals surface area contributed by atoms with Crippen LogP contribution in [0.3, 0.4) is 0 Å². The maximum Gasteiger partial charge on any atom is 0.265 e. The standard InChI is InChI=1S/C24H22N2O3/c1-16-7-12-20(13-17(16)2)25-24(28)19-10-8-18(9-11-19)14-26-21-5-3-4-6-22(21)29-15-23(26)27/h3-13H,14-15H2,1-2H3,(H,25,28). The molecule has 5 heteroatoms. The van der Waals surface area contributed by atoms with Crippen LogP contribution in [-0.4, -0.2) is 18.4 Å². The summed E-state index contributed by atoms with van der Waals surface area (Å²) in [5.74, 6) is 0.462. The molecule has 5 nitrogen and oxygen atoms in total. The van der Waals surface area contributed by atoms with Gasteiger partial charge in [0, 0.05) is 11.3 Å². The van der Waals surface area contributed by atoms with Crippen molar-refractivity contribution in [3.05, 3.63) is 89.0 Å². The molecule has 0 aromatic heterocycles. The minimum absolute atomic E-state index is 0.0352. The molecular weight excluding hydrogens is 364 g/mol. The van der Waals surface area contributed by atoms with Crippen molar-refractivity contribution in [1.29, 1.82) is 0 Å². The van der Waals surface area contributed by atoms with Gasteiger partial charge in [-0.25, -0.2) is 0 Å². The van der Waals surface area contributed by atoms with Gasteiger partial charge in [0.15, 0.2) is 6.61 Å². The van der Waals surface area contributed by atoms with Crippen LogP contribution in [-0.2, 0) is 11.3 Å². The van der Waals surface area contributed by atoms with E-state index in [4.69, 9.17) is 4.74 Å². The monoisotopic (exact) mass is 386 g/mol. The molecule has 29 heavy (non-hydrogen) atoms. The number of nitrogens with one attached hydrogen (secondary N) is 1. The smallest absolute Gasteiger partial charge is 0.265 e. The number of anilines is 2. The van der Waals surface area contributed by atoms with Crippen LogP contribution >= 0.6 is 0 Å². The summed E-state index contributed by atoms with van der Waals surface area (Å²) in [5, 5.41) is 2.93. The summed E-state index contributed by atoms with van der Waals surface area (Å²) in [4.78, 5) is 26.6. The Morgan fingerprint density at radius 3 is 2.52 bits per heavy atom. The topological polar surface area (TPSA) is 58.6 Å². The minimum Gasteiger partial charge on any atom is -0.482 e. The molecule has 146 valence electrons. The molecular formula is C24H22N2O3.